The number of esters is 1. The number of amides is 1. The van der Waals surface area contributed by atoms with Crippen LogP contribution in [0.25, 0.3) is 6.08 Å². The molecule has 2 N–H and O–H groups in total. The molecule has 0 bridgehead atoms. The molecule has 0 atom stereocenters. The Labute approximate surface area is 192 Å². The third-order valence-electron chi connectivity index (χ3n) is 4.31. The van der Waals surface area contributed by atoms with Crippen LogP contribution in [-0.2, 0) is 4.79 Å². The second-order valence-corrected chi connectivity index (χ2v) is 6.95. The van der Waals surface area contributed by atoms with Gasteiger partial charge in [0, 0.05) is 16.7 Å². The zero-order chi connectivity index (χ0) is 24.0. The summed E-state index contributed by atoms with van der Waals surface area (Å²) in [6, 6.07) is 17.2. The van der Waals surface area contributed by atoms with Crippen molar-refractivity contribution < 1.29 is 24.4 Å². The highest BCUT2D eigenvalue weighted by atomic mass is 35.5. The molecule has 0 aliphatic rings. The van der Waals surface area contributed by atoms with Crippen LogP contribution in [0.15, 0.2) is 72.3 Å². The average Bonchev–Trinajstić information content (AvgIpc) is 2.79. The number of para-hydroxylation sites is 1. The predicted molar refractivity (Wildman–Crippen MR) is 120 cm³/mol. The number of rotatable bonds is 6. The van der Waals surface area contributed by atoms with E-state index in [1.165, 1.54) is 36.4 Å². The van der Waals surface area contributed by atoms with Crippen molar-refractivity contribution in [3.05, 3.63) is 98.6 Å². The normalized spacial score (nSPS) is 10.7. The number of nitrogens with zero attached hydrogens (tertiary/aromatic N) is 2. The molecule has 10 heteroatoms. The van der Waals surface area contributed by atoms with Crippen molar-refractivity contribution in [1.29, 1.82) is 5.26 Å². The van der Waals surface area contributed by atoms with Crippen LogP contribution in [-0.4, -0.2) is 21.9 Å². The second kappa shape index (κ2) is 10.1. The summed E-state index contributed by atoms with van der Waals surface area (Å²) in [5.74, 6) is -1.96. The number of aromatic hydroxyl groups is 1. The Morgan fingerprint density at radius 1 is 1.12 bits per heavy atom. The third kappa shape index (κ3) is 5.72. The van der Waals surface area contributed by atoms with Crippen LogP contribution >= 0.6 is 11.6 Å². The quantitative estimate of drug-likeness (QED) is 0.102. The molecule has 0 radical (unpaired) electrons. The first-order valence-electron chi connectivity index (χ1n) is 9.26. The van der Waals surface area contributed by atoms with E-state index in [2.05, 4.69) is 5.32 Å². The fourth-order valence-corrected chi connectivity index (χ4v) is 2.80. The van der Waals surface area contributed by atoms with E-state index in [9.17, 15) is 30.1 Å². The summed E-state index contributed by atoms with van der Waals surface area (Å²) in [4.78, 5) is 35.0. The Morgan fingerprint density at radius 2 is 1.82 bits per heavy atom. The van der Waals surface area contributed by atoms with E-state index >= 15 is 0 Å². The first-order valence-corrected chi connectivity index (χ1v) is 9.63. The largest absolute Gasteiger partial charge is 0.506 e. The molecule has 33 heavy (non-hydrogen) atoms. The summed E-state index contributed by atoms with van der Waals surface area (Å²) in [5, 5.41) is 32.9. The monoisotopic (exact) mass is 463 g/mol. The summed E-state index contributed by atoms with van der Waals surface area (Å²) in [6.45, 7) is 0. The van der Waals surface area contributed by atoms with Crippen LogP contribution < -0.4 is 10.1 Å². The van der Waals surface area contributed by atoms with Gasteiger partial charge in [-0.3, -0.25) is 14.9 Å². The Balaban J connectivity index is 1.83. The standard InChI is InChI=1S/C23H14ClN3O6/c24-17-7-5-14(6-8-17)23(30)33-21-4-2-1-3-15(21)11-16(13-25)22(29)26-19-10-9-18(27(31)32)12-20(19)28/h1-12,28H,(H,26,29)/b16-11+. The maximum Gasteiger partial charge on any atom is 0.343 e. The number of ether oxygens (including phenoxy) is 1. The minimum Gasteiger partial charge on any atom is -0.506 e. The molecule has 3 aromatic rings. The number of nitrogens with one attached hydrogen (secondary N) is 1. The fraction of sp³-hybridized carbons (Fsp3) is 0. The van der Waals surface area contributed by atoms with Crippen LogP contribution in [0.3, 0.4) is 0 Å². The molecule has 0 saturated heterocycles. The van der Waals surface area contributed by atoms with Gasteiger partial charge < -0.3 is 15.2 Å². The summed E-state index contributed by atoms with van der Waals surface area (Å²) in [7, 11) is 0. The smallest absolute Gasteiger partial charge is 0.343 e. The lowest BCUT2D eigenvalue weighted by Gasteiger charge is -2.09. The Morgan fingerprint density at radius 3 is 2.45 bits per heavy atom. The van der Waals surface area contributed by atoms with Gasteiger partial charge in [0.05, 0.1) is 22.2 Å². The van der Waals surface area contributed by atoms with Gasteiger partial charge in [-0.1, -0.05) is 29.8 Å². The van der Waals surface area contributed by atoms with E-state index in [1.807, 2.05) is 0 Å². The van der Waals surface area contributed by atoms with E-state index in [4.69, 9.17) is 16.3 Å². The average molecular weight is 464 g/mol. The molecule has 1 amide bonds. The third-order valence-corrected chi connectivity index (χ3v) is 4.56. The molecule has 0 aromatic heterocycles. The van der Waals surface area contributed by atoms with Crippen LogP contribution in [0.4, 0.5) is 11.4 Å². The number of benzene rings is 3. The van der Waals surface area contributed by atoms with Gasteiger partial charge in [-0.2, -0.15) is 5.26 Å². The molecule has 0 unspecified atom stereocenters. The number of phenolic OH excluding ortho intramolecular Hbond substituents is 1. The molecule has 3 aromatic carbocycles. The minimum atomic E-state index is -0.875. The zero-order valence-electron chi connectivity index (χ0n) is 16.7. The van der Waals surface area contributed by atoms with E-state index in [0.29, 0.717) is 5.02 Å². The van der Waals surface area contributed by atoms with Gasteiger partial charge in [0.1, 0.15) is 23.1 Å². The van der Waals surface area contributed by atoms with Gasteiger partial charge in [0.15, 0.2) is 0 Å². The molecule has 0 heterocycles. The fourth-order valence-electron chi connectivity index (χ4n) is 2.67. The summed E-state index contributed by atoms with van der Waals surface area (Å²) >= 11 is 5.82. The van der Waals surface area contributed by atoms with Gasteiger partial charge in [0.2, 0.25) is 0 Å². The van der Waals surface area contributed by atoms with Gasteiger partial charge >= 0.3 is 5.97 Å². The first kappa shape index (κ1) is 23.0. The van der Waals surface area contributed by atoms with Crippen molar-refractivity contribution in [2.45, 2.75) is 0 Å². The minimum absolute atomic E-state index is 0.108. The lowest BCUT2D eigenvalue weighted by atomic mass is 10.1. The summed E-state index contributed by atoms with van der Waals surface area (Å²) in [5.41, 5.74) is -0.306. The van der Waals surface area contributed by atoms with Crippen LogP contribution in [0.1, 0.15) is 15.9 Å². The van der Waals surface area contributed by atoms with E-state index < -0.39 is 22.5 Å². The number of anilines is 1. The van der Waals surface area contributed by atoms with Crippen LogP contribution in [0.2, 0.25) is 5.02 Å². The molecule has 3 rings (SSSR count). The number of hydrogen-bond acceptors (Lipinski definition) is 7. The lowest BCUT2D eigenvalue weighted by Crippen LogP contribution is -2.14. The number of nitro benzene ring substituents is 1. The molecule has 9 nitrogen and oxygen atoms in total. The number of nitro groups is 1. The van der Waals surface area contributed by atoms with Gasteiger partial charge in [-0.25, -0.2) is 4.79 Å². The molecule has 0 fully saturated rings. The number of nitriles is 1. The molecular formula is C23H14ClN3O6. The van der Waals surface area contributed by atoms with Crippen LogP contribution in [0, 0.1) is 21.4 Å². The van der Waals surface area contributed by atoms with E-state index in [-0.39, 0.29) is 33.8 Å². The molecule has 0 spiro atoms. The SMILES string of the molecule is N#C/C(=C\c1ccccc1OC(=O)c1ccc(Cl)cc1)C(=O)Nc1ccc([N+](=O)[O-])cc1O. The highest BCUT2D eigenvalue weighted by molar-refractivity contribution is 6.30. The Hall–Kier alpha value is -4.68. The summed E-state index contributed by atoms with van der Waals surface area (Å²) in [6.07, 6.45) is 1.21. The van der Waals surface area contributed by atoms with Crippen molar-refractivity contribution in [2.24, 2.45) is 0 Å². The van der Waals surface area contributed by atoms with Gasteiger partial charge in [0.25, 0.3) is 11.6 Å². The maximum atomic E-state index is 12.5. The van der Waals surface area contributed by atoms with Gasteiger partial charge in [-0.15, -0.1) is 0 Å². The van der Waals surface area contributed by atoms with Gasteiger partial charge in [-0.05, 0) is 42.5 Å². The molecule has 0 saturated carbocycles. The molecule has 164 valence electrons. The van der Waals surface area contributed by atoms with Crippen molar-refractivity contribution in [3.63, 3.8) is 0 Å². The predicted octanol–water partition coefficient (Wildman–Crippen LogP) is 4.72. The Kier molecular flexibility index (Phi) is 7.03. The highest BCUT2D eigenvalue weighted by Gasteiger charge is 2.16. The topological polar surface area (TPSA) is 143 Å². The molecule has 0 aliphatic heterocycles. The van der Waals surface area contributed by atoms with E-state index in [0.717, 1.165) is 18.2 Å². The number of carbonyl (C=O) groups is 2. The van der Waals surface area contributed by atoms with Crippen LogP contribution in [0.5, 0.6) is 11.5 Å². The maximum absolute atomic E-state index is 12.5. The molecule has 0 aliphatic carbocycles. The van der Waals surface area contributed by atoms with Crippen molar-refractivity contribution in [3.8, 4) is 17.6 Å². The number of phenols is 1. The van der Waals surface area contributed by atoms with E-state index in [1.54, 1.807) is 24.3 Å². The Bertz CT molecular complexity index is 1310. The lowest BCUT2D eigenvalue weighted by molar-refractivity contribution is -0.384. The summed E-state index contributed by atoms with van der Waals surface area (Å²) < 4.78 is 5.40. The number of non-ortho nitro benzene ring substituents is 1. The van der Waals surface area contributed by atoms with Crippen molar-refractivity contribution in [2.75, 3.05) is 5.32 Å². The highest BCUT2D eigenvalue weighted by Crippen LogP contribution is 2.29. The zero-order valence-corrected chi connectivity index (χ0v) is 17.4. The number of carbonyl (C=O) groups excluding carboxylic acids is 2. The first-order chi connectivity index (χ1) is 15.8. The van der Waals surface area contributed by atoms with Crippen molar-refractivity contribution in [1.82, 2.24) is 0 Å². The second-order valence-electron chi connectivity index (χ2n) is 6.52. The van der Waals surface area contributed by atoms with Crippen molar-refractivity contribution >= 4 is 40.9 Å². The number of halogens is 1. The molecular weight excluding hydrogens is 450 g/mol. The number of hydrogen-bond donors (Lipinski definition) is 2.